The van der Waals surface area contributed by atoms with E-state index in [1.165, 1.54) is 55.6 Å². The molecule has 0 fully saturated rings. The topological polar surface area (TPSA) is 38.7 Å². The molecule has 3 heteroatoms. The Hall–Kier alpha value is -8.79. The predicted octanol–water partition coefficient (Wildman–Crippen LogP) is 16.8. The molecule has 0 spiro atoms. The van der Waals surface area contributed by atoms with E-state index in [9.17, 15) is 0 Å². The molecule has 334 valence electrons. The Balaban J connectivity index is 0.958. The van der Waals surface area contributed by atoms with E-state index in [4.69, 9.17) is 15.0 Å². The van der Waals surface area contributed by atoms with Gasteiger partial charge in [-0.15, -0.1) is 0 Å². The molecular weight excluding hydrogens is 847 g/mol. The van der Waals surface area contributed by atoms with E-state index >= 15 is 0 Å². The molecule has 70 heavy (non-hydrogen) atoms. The van der Waals surface area contributed by atoms with Crippen molar-refractivity contribution in [2.45, 2.75) is 25.7 Å². The summed E-state index contributed by atoms with van der Waals surface area (Å²) in [4.78, 5) is 14.9. The van der Waals surface area contributed by atoms with Gasteiger partial charge in [-0.3, -0.25) is 15.0 Å². The average molecular weight is 898 g/mol. The highest BCUT2D eigenvalue weighted by molar-refractivity contribution is 5.93. The summed E-state index contributed by atoms with van der Waals surface area (Å²) in [5, 5.41) is 0. The summed E-state index contributed by atoms with van der Waals surface area (Å²) in [5.74, 6) is 0. The van der Waals surface area contributed by atoms with Crippen molar-refractivity contribution in [3.63, 3.8) is 0 Å². The van der Waals surface area contributed by atoms with E-state index < -0.39 is 0 Å². The van der Waals surface area contributed by atoms with Gasteiger partial charge in [-0.05, 0) is 122 Å². The highest BCUT2D eigenvalue weighted by Crippen LogP contribution is 2.41. The zero-order valence-corrected chi connectivity index (χ0v) is 39.0. The molecule has 0 radical (unpaired) electrons. The van der Waals surface area contributed by atoms with Crippen molar-refractivity contribution < 1.29 is 0 Å². The first-order valence-corrected chi connectivity index (χ1v) is 24.2. The van der Waals surface area contributed by atoms with E-state index in [2.05, 4.69) is 237 Å². The van der Waals surface area contributed by atoms with Gasteiger partial charge in [0.1, 0.15) is 0 Å². The lowest BCUT2D eigenvalue weighted by molar-refractivity contribution is 0.923. The Kier molecular flexibility index (Phi) is 12.9. The van der Waals surface area contributed by atoms with Gasteiger partial charge in [-0.1, -0.05) is 218 Å². The predicted molar refractivity (Wildman–Crippen MR) is 291 cm³/mol. The molecule has 3 aromatic heterocycles. The lowest BCUT2D eigenvalue weighted by Crippen LogP contribution is -1.99. The van der Waals surface area contributed by atoms with Crippen molar-refractivity contribution in [1.82, 2.24) is 15.0 Å². The molecule has 11 rings (SSSR count). The molecule has 0 N–H and O–H groups in total. The lowest BCUT2D eigenvalue weighted by Gasteiger charge is -2.18. The molecule has 0 unspecified atom stereocenters. The molecule has 3 heterocycles. The van der Waals surface area contributed by atoms with Crippen molar-refractivity contribution in [2.24, 2.45) is 0 Å². The summed E-state index contributed by atoms with van der Waals surface area (Å²) < 4.78 is 0. The molecule has 0 saturated heterocycles. The van der Waals surface area contributed by atoms with Gasteiger partial charge in [0.05, 0.1) is 17.1 Å². The third-order valence-electron chi connectivity index (χ3n) is 13.2. The van der Waals surface area contributed by atoms with Crippen LogP contribution in [-0.4, -0.2) is 15.0 Å². The maximum absolute atomic E-state index is 5.17. The zero-order valence-electron chi connectivity index (χ0n) is 39.0. The molecule has 0 aliphatic carbocycles. The highest BCUT2D eigenvalue weighted by Gasteiger charge is 2.17. The maximum atomic E-state index is 5.17. The van der Waals surface area contributed by atoms with Gasteiger partial charge in [0.25, 0.3) is 0 Å². The molecule has 0 saturated carbocycles. The Morgan fingerprint density at radius 1 is 0.200 bits per heavy atom. The monoisotopic (exact) mass is 897 g/mol. The molecule has 0 aliphatic rings. The summed E-state index contributed by atoms with van der Waals surface area (Å²) in [6.07, 6.45) is 9.71. The van der Waals surface area contributed by atoms with Crippen LogP contribution < -0.4 is 0 Å². The average Bonchev–Trinajstić information content (AvgIpc) is 3.45. The van der Waals surface area contributed by atoms with Crippen molar-refractivity contribution >= 4 is 0 Å². The fourth-order valence-corrected chi connectivity index (χ4v) is 9.49. The number of aryl methyl sites for hydroxylation is 4. The van der Waals surface area contributed by atoms with Crippen molar-refractivity contribution in [3.05, 3.63) is 283 Å². The van der Waals surface area contributed by atoms with Crippen molar-refractivity contribution in [2.75, 3.05) is 0 Å². The largest absolute Gasteiger partial charge is 0.256 e. The summed E-state index contributed by atoms with van der Waals surface area (Å²) in [7, 11) is 0. The van der Waals surface area contributed by atoms with Crippen molar-refractivity contribution in [1.29, 1.82) is 0 Å². The minimum atomic E-state index is 0.887. The Bertz CT molecular complexity index is 3370. The number of aromatic nitrogens is 3. The first-order valence-electron chi connectivity index (χ1n) is 24.2. The van der Waals surface area contributed by atoms with Crippen LogP contribution in [0.2, 0.25) is 0 Å². The van der Waals surface area contributed by atoms with Gasteiger partial charge in [0.15, 0.2) is 0 Å². The number of hydrogen-bond acceptors (Lipinski definition) is 3. The minimum absolute atomic E-state index is 0.887. The normalized spacial score (nSPS) is 11.1. The quantitative estimate of drug-likeness (QED) is 0.109. The lowest BCUT2D eigenvalue weighted by atomic mass is 9.87. The molecule has 0 bridgehead atoms. The fraction of sp³-hybridized carbons (Fsp3) is 0.0597. The van der Waals surface area contributed by atoms with Gasteiger partial charge in [-0.2, -0.15) is 0 Å². The van der Waals surface area contributed by atoms with E-state index in [1.54, 1.807) is 0 Å². The third kappa shape index (κ3) is 10.1. The Labute approximate surface area is 411 Å². The van der Waals surface area contributed by atoms with Crippen LogP contribution >= 0.6 is 0 Å². The van der Waals surface area contributed by atoms with Crippen LogP contribution in [0.4, 0.5) is 0 Å². The van der Waals surface area contributed by atoms with E-state index in [1.807, 2.05) is 24.5 Å². The molecule has 11 aromatic rings. The summed E-state index contributed by atoms with van der Waals surface area (Å²) in [5.41, 5.74) is 23.0. The second-order valence-corrected chi connectivity index (χ2v) is 17.9. The molecule has 0 atom stereocenters. The zero-order chi connectivity index (χ0) is 46.9. The first-order chi connectivity index (χ1) is 34.7. The highest BCUT2D eigenvalue weighted by atomic mass is 14.7. The molecular formula is C67H51N3. The second kappa shape index (κ2) is 20.6. The standard InChI is InChI=1S/C67H51N3/c1-5-16-52(17-6-1)53-34-36-54(37-35-53)58-24-15-25-59(43-58)63-44-67(57-22-11-4-12-23-57)70-47-64(63)62-27-14-13-26-61(62)60-41-50(30-28-48-32-38-65(68-45-48)55-18-7-2-8-19-55)40-51(42-60)31-29-49-33-39-66(69-46-49)56-20-9-3-10-21-56/h1-27,32-47H,28-31H2. The number of benzene rings is 8. The minimum Gasteiger partial charge on any atom is -0.256 e. The van der Waals surface area contributed by atoms with Gasteiger partial charge < -0.3 is 0 Å². The van der Waals surface area contributed by atoms with E-state index in [0.29, 0.717) is 0 Å². The number of pyridine rings is 3. The Morgan fingerprint density at radius 3 is 1.14 bits per heavy atom. The van der Waals surface area contributed by atoms with Gasteiger partial charge in [0, 0.05) is 40.8 Å². The Morgan fingerprint density at radius 2 is 0.614 bits per heavy atom. The van der Waals surface area contributed by atoms with Crippen LogP contribution in [-0.2, 0) is 25.7 Å². The van der Waals surface area contributed by atoms with E-state index in [-0.39, 0.29) is 0 Å². The maximum Gasteiger partial charge on any atom is 0.0708 e. The molecule has 0 amide bonds. The van der Waals surface area contributed by atoms with Crippen LogP contribution in [0, 0.1) is 0 Å². The van der Waals surface area contributed by atoms with Gasteiger partial charge in [0.2, 0.25) is 0 Å². The van der Waals surface area contributed by atoms with Crippen LogP contribution in [0.5, 0.6) is 0 Å². The summed E-state index contributed by atoms with van der Waals surface area (Å²) >= 11 is 0. The summed E-state index contributed by atoms with van der Waals surface area (Å²) in [6.45, 7) is 0. The number of hydrogen-bond donors (Lipinski definition) is 0. The summed E-state index contributed by atoms with van der Waals surface area (Å²) in [6, 6.07) is 86.8. The number of nitrogens with zero attached hydrogens (tertiary/aromatic N) is 3. The van der Waals surface area contributed by atoms with Crippen LogP contribution in [0.15, 0.2) is 261 Å². The van der Waals surface area contributed by atoms with Crippen LogP contribution in [0.1, 0.15) is 22.3 Å². The first kappa shape index (κ1) is 43.8. The fourth-order valence-electron chi connectivity index (χ4n) is 9.49. The van der Waals surface area contributed by atoms with Gasteiger partial charge in [-0.25, -0.2) is 0 Å². The van der Waals surface area contributed by atoms with Crippen molar-refractivity contribution in [3.8, 4) is 89.4 Å². The van der Waals surface area contributed by atoms with Crippen LogP contribution in [0.3, 0.4) is 0 Å². The molecule has 8 aromatic carbocycles. The third-order valence-corrected chi connectivity index (χ3v) is 13.2. The SMILES string of the molecule is c1ccc(-c2ccc(-c3cccc(-c4cc(-c5ccccc5)ncc4-c4ccccc4-c4cc(CCc5ccc(-c6ccccc6)nc5)cc(CCc5ccc(-c6ccccc6)nc5)c4)c3)cc2)cc1. The smallest absolute Gasteiger partial charge is 0.0708 e. The van der Waals surface area contributed by atoms with Gasteiger partial charge >= 0.3 is 0 Å². The van der Waals surface area contributed by atoms with E-state index in [0.717, 1.165) is 81.7 Å². The number of rotatable bonds is 14. The molecule has 0 aliphatic heterocycles. The van der Waals surface area contributed by atoms with Crippen LogP contribution in [0.25, 0.3) is 89.4 Å². The molecule has 3 nitrogen and oxygen atoms in total. The second-order valence-electron chi connectivity index (χ2n) is 17.9.